The van der Waals surface area contributed by atoms with E-state index >= 15 is 0 Å². The zero-order chi connectivity index (χ0) is 18.3. The summed E-state index contributed by atoms with van der Waals surface area (Å²) in [6, 6.07) is 4.64. The molecule has 130 valence electrons. The molecule has 0 aliphatic carbocycles. The van der Waals surface area contributed by atoms with Crippen LogP contribution in [0.1, 0.15) is 25.3 Å². The highest BCUT2D eigenvalue weighted by Crippen LogP contribution is 2.40. The van der Waals surface area contributed by atoms with E-state index < -0.39 is 16.8 Å². The molecule has 0 fully saturated rings. The first kappa shape index (κ1) is 16.4. The molecule has 0 unspecified atom stereocenters. The first-order valence-corrected chi connectivity index (χ1v) is 7.26. The predicted molar refractivity (Wildman–Crippen MR) is 83.3 cm³/mol. The standard InChI is InChI=1S/C15H14N4O6/c1-7-11(15(20)24-3)12(13(18(21)22)8(2)16-7)9-5-4-6-10-14(9)19(23)25-17-10/h4-6,12,16H,1-3H3/t12-/m1/s1. The number of carbonyl (C=O) groups excluding carboxylic acids is 1. The van der Waals surface area contributed by atoms with Gasteiger partial charge in [0.05, 0.1) is 23.3 Å². The molecule has 0 amide bonds. The van der Waals surface area contributed by atoms with Gasteiger partial charge in [-0.3, -0.25) is 14.7 Å². The van der Waals surface area contributed by atoms with E-state index in [0.717, 1.165) is 0 Å². The smallest absolute Gasteiger partial charge is 0.336 e. The summed E-state index contributed by atoms with van der Waals surface area (Å²) in [6.45, 7) is 3.14. The minimum absolute atomic E-state index is 0.0238. The van der Waals surface area contributed by atoms with Gasteiger partial charge < -0.3 is 15.3 Å². The molecule has 10 heteroatoms. The second kappa shape index (κ2) is 5.89. The number of aromatic nitrogens is 2. The Kier molecular flexibility index (Phi) is 3.87. The fraction of sp³-hybridized carbons (Fsp3) is 0.267. The molecule has 10 nitrogen and oxygen atoms in total. The van der Waals surface area contributed by atoms with Gasteiger partial charge in [0, 0.05) is 16.4 Å². The second-order valence-corrected chi connectivity index (χ2v) is 5.50. The first-order chi connectivity index (χ1) is 11.9. The van der Waals surface area contributed by atoms with Crippen molar-refractivity contribution >= 4 is 17.0 Å². The fourth-order valence-corrected chi connectivity index (χ4v) is 3.08. The van der Waals surface area contributed by atoms with Crippen molar-refractivity contribution in [1.82, 2.24) is 10.5 Å². The van der Waals surface area contributed by atoms with Gasteiger partial charge in [0.1, 0.15) is 5.92 Å². The molecule has 0 saturated carbocycles. The van der Waals surface area contributed by atoms with Crippen LogP contribution in [0.5, 0.6) is 0 Å². The number of nitrogens with zero attached hydrogens (tertiary/aromatic N) is 3. The Morgan fingerprint density at radius 1 is 1.40 bits per heavy atom. The van der Waals surface area contributed by atoms with Crippen molar-refractivity contribution in [2.45, 2.75) is 19.8 Å². The lowest BCUT2D eigenvalue weighted by atomic mass is 9.83. The van der Waals surface area contributed by atoms with Crippen molar-refractivity contribution in [3.63, 3.8) is 0 Å². The molecular weight excluding hydrogens is 332 g/mol. The van der Waals surface area contributed by atoms with Crippen LogP contribution >= 0.6 is 0 Å². The molecule has 1 aromatic carbocycles. The van der Waals surface area contributed by atoms with Crippen molar-refractivity contribution in [3.05, 3.63) is 61.7 Å². The van der Waals surface area contributed by atoms with Crippen molar-refractivity contribution < 1.29 is 24.0 Å². The van der Waals surface area contributed by atoms with E-state index in [1.165, 1.54) is 26.2 Å². The molecule has 1 aromatic heterocycles. The number of fused-ring (bicyclic) bond motifs is 1. The molecule has 1 aliphatic heterocycles. The average molecular weight is 346 g/mol. The third-order valence-corrected chi connectivity index (χ3v) is 4.08. The minimum atomic E-state index is -1.10. The lowest BCUT2D eigenvalue weighted by Crippen LogP contribution is -2.33. The summed E-state index contributed by atoms with van der Waals surface area (Å²) in [5.41, 5.74) is 0.968. The Balaban J connectivity index is 2.36. The summed E-state index contributed by atoms with van der Waals surface area (Å²) in [7, 11) is 1.18. The van der Waals surface area contributed by atoms with E-state index in [0.29, 0.717) is 5.70 Å². The number of carbonyl (C=O) groups is 1. The third-order valence-electron chi connectivity index (χ3n) is 4.08. The van der Waals surface area contributed by atoms with Gasteiger partial charge in [-0.2, -0.15) is 0 Å². The Morgan fingerprint density at radius 3 is 2.76 bits per heavy atom. The summed E-state index contributed by atoms with van der Waals surface area (Å²) < 4.78 is 9.39. The number of rotatable bonds is 3. The number of dihydropyridines is 1. The quantitative estimate of drug-likeness (QED) is 0.378. The van der Waals surface area contributed by atoms with Crippen LogP contribution in [0.3, 0.4) is 0 Å². The van der Waals surface area contributed by atoms with Crippen molar-refractivity contribution in [1.29, 1.82) is 0 Å². The maximum atomic E-state index is 12.3. The van der Waals surface area contributed by atoms with Crippen LogP contribution in [-0.2, 0) is 9.53 Å². The summed E-state index contributed by atoms with van der Waals surface area (Å²) in [5.74, 6) is -1.83. The highest BCUT2D eigenvalue weighted by atomic mass is 16.8. The molecule has 25 heavy (non-hydrogen) atoms. The SMILES string of the molecule is COC(=O)C1=C(C)NC(C)=C([N+](=O)[O-])[C@@H]1c1cccc2no[n+]([O-])c12. The molecule has 2 aromatic rings. The molecule has 0 bridgehead atoms. The maximum absolute atomic E-state index is 12.3. The zero-order valence-electron chi connectivity index (χ0n) is 13.6. The highest BCUT2D eigenvalue weighted by Gasteiger charge is 2.43. The van der Waals surface area contributed by atoms with Gasteiger partial charge in [-0.25, -0.2) is 4.79 Å². The average Bonchev–Trinajstić information content (AvgIpc) is 2.94. The molecule has 0 radical (unpaired) electrons. The molecule has 0 spiro atoms. The summed E-state index contributed by atoms with van der Waals surface area (Å²) in [5, 5.41) is 30.1. The van der Waals surface area contributed by atoms with Crippen LogP contribution in [0.2, 0.25) is 0 Å². The Labute approximate surface area is 141 Å². The number of allylic oxidation sites excluding steroid dienone is 3. The number of nitrogens with one attached hydrogen (secondary N) is 1. The van der Waals surface area contributed by atoms with Crippen LogP contribution in [-0.4, -0.2) is 23.2 Å². The fourth-order valence-electron chi connectivity index (χ4n) is 3.08. The number of ether oxygens (including phenoxy) is 1. The molecule has 3 rings (SSSR count). The zero-order valence-corrected chi connectivity index (χ0v) is 13.6. The minimum Gasteiger partial charge on any atom is -0.466 e. The lowest BCUT2D eigenvalue weighted by molar-refractivity contribution is -0.782. The summed E-state index contributed by atoms with van der Waals surface area (Å²) in [6.07, 6.45) is 0. The molecule has 0 saturated heterocycles. The number of hydrogen-bond donors (Lipinski definition) is 1. The maximum Gasteiger partial charge on any atom is 0.336 e. The summed E-state index contributed by atoms with van der Waals surface area (Å²) in [4.78, 5) is 23.6. The molecule has 2 heterocycles. The van der Waals surface area contributed by atoms with E-state index in [2.05, 4.69) is 15.1 Å². The van der Waals surface area contributed by atoms with E-state index in [1.807, 2.05) is 0 Å². The number of hydrogen-bond acceptors (Lipinski definition) is 8. The number of nitro groups is 1. The molecule has 1 N–H and O–H groups in total. The topological polar surface area (TPSA) is 134 Å². The van der Waals surface area contributed by atoms with Crippen LogP contribution in [0.25, 0.3) is 11.0 Å². The van der Waals surface area contributed by atoms with Crippen molar-refractivity contribution in [2.75, 3.05) is 7.11 Å². The number of para-hydroxylation sites is 1. The van der Waals surface area contributed by atoms with Gasteiger partial charge in [-0.15, -0.1) is 0 Å². The van der Waals surface area contributed by atoms with Gasteiger partial charge in [0.25, 0.3) is 5.70 Å². The summed E-state index contributed by atoms with van der Waals surface area (Å²) >= 11 is 0. The van der Waals surface area contributed by atoms with Crippen molar-refractivity contribution in [3.8, 4) is 0 Å². The Morgan fingerprint density at radius 2 is 2.12 bits per heavy atom. The number of methoxy groups -OCH3 is 1. The highest BCUT2D eigenvalue weighted by molar-refractivity contribution is 5.93. The van der Waals surface area contributed by atoms with Crippen LogP contribution in [0.4, 0.5) is 0 Å². The van der Waals surface area contributed by atoms with Crippen LogP contribution < -0.4 is 10.2 Å². The van der Waals surface area contributed by atoms with E-state index in [-0.39, 0.29) is 38.5 Å². The first-order valence-electron chi connectivity index (χ1n) is 7.26. The van der Waals surface area contributed by atoms with Gasteiger partial charge in [0.15, 0.2) is 0 Å². The number of benzene rings is 1. The normalized spacial score (nSPS) is 17.6. The van der Waals surface area contributed by atoms with Crippen LogP contribution in [0.15, 0.2) is 45.5 Å². The largest absolute Gasteiger partial charge is 0.466 e. The third kappa shape index (κ3) is 2.47. The molecular formula is C15H14N4O6. The van der Waals surface area contributed by atoms with Crippen molar-refractivity contribution in [2.24, 2.45) is 0 Å². The van der Waals surface area contributed by atoms with Crippen LogP contribution in [0, 0.1) is 15.3 Å². The van der Waals surface area contributed by atoms with E-state index in [4.69, 9.17) is 4.74 Å². The van der Waals surface area contributed by atoms with Gasteiger partial charge >= 0.3 is 5.97 Å². The molecule has 1 atom stereocenters. The second-order valence-electron chi connectivity index (χ2n) is 5.50. The Hall–Kier alpha value is -3.43. The molecule has 1 aliphatic rings. The van der Waals surface area contributed by atoms with Gasteiger partial charge in [0.2, 0.25) is 11.0 Å². The monoisotopic (exact) mass is 346 g/mol. The van der Waals surface area contributed by atoms with Gasteiger partial charge in [-0.05, 0) is 24.8 Å². The Bertz CT molecular complexity index is 958. The number of esters is 1. The van der Waals surface area contributed by atoms with Gasteiger partial charge in [-0.1, -0.05) is 12.1 Å². The predicted octanol–water partition coefficient (Wildman–Crippen LogP) is 1.10. The van der Waals surface area contributed by atoms with E-state index in [1.54, 1.807) is 13.0 Å². The lowest BCUT2D eigenvalue weighted by Gasteiger charge is -2.25. The van der Waals surface area contributed by atoms with E-state index in [9.17, 15) is 20.1 Å².